The number of carbonyl (C=O) groups is 2. The maximum atomic E-state index is 12.8. The number of ketones is 2. The smallest absolute Gasteiger partial charge is 0.252 e. The first-order chi connectivity index (χ1) is 14.5. The first-order valence-corrected chi connectivity index (χ1v) is 10.3. The molecule has 5 heteroatoms. The van der Waals surface area contributed by atoms with E-state index in [9.17, 15) is 9.59 Å². The van der Waals surface area contributed by atoms with E-state index >= 15 is 0 Å². The van der Waals surface area contributed by atoms with Gasteiger partial charge in [0, 0.05) is 23.6 Å². The molecule has 2 aromatic rings. The van der Waals surface area contributed by atoms with Crippen molar-refractivity contribution >= 4 is 11.6 Å². The van der Waals surface area contributed by atoms with Crippen molar-refractivity contribution in [1.29, 1.82) is 0 Å². The van der Waals surface area contributed by atoms with E-state index in [4.69, 9.17) is 9.72 Å². The Morgan fingerprint density at radius 1 is 1.17 bits per heavy atom. The van der Waals surface area contributed by atoms with Crippen LogP contribution in [0.2, 0.25) is 0 Å². The van der Waals surface area contributed by atoms with Crippen molar-refractivity contribution in [2.45, 2.75) is 46.6 Å². The van der Waals surface area contributed by atoms with Crippen molar-refractivity contribution in [3.05, 3.63) is 78.0 Å². The molecule has 158 valence electrons. The van der Waals surface area contributed by atoms with Gasteiger partial charge in [0.1, 0.15) is 23.0 Å². The second-order valence-electron chi connectivity index (χ2n) is 6.88. The molecular formula is C25H30N2O3. The Labute approximate surface area is 178 Å². The summed E-state index contributed by atoms with van der Waals surface area (Å²) in [6, 6.07) is 7.17. The van der Waals surface area contributed by atoms with E-state index < -0.39 is 11.6 Å². The molecule has 3 rings (SSSR count). The van der Waals surface area contributed by atoms with Gasteiger partial charge >= 0.3 is 0 Å². The maximum absolute atomic E-state index is 12.8. The van der Waals surface area contributed by atoms with Crippen molar-refractivity contribution in [3.63, 3.8) is 0 Å². The zero-order valence-electron chi connectivity index (χ0n) is 18.4. The van der Waals surface area contributed by atoms with E-state index in [1.54, 1.807) is 31.4 Å². The summed E-state index contributed by atoms with van der Waals surface area (Å²) in [6.45, 7) is 12.3. The molecule has 0 radical (unpaired) electrons. The van der Waals surface area contributed by atoms with Crippen molar-refractivity contribution in [2.75, 3.05) is 7.11 Å². The number of methoxy groups -OCH3 is 1. The lowest BCUT2D eigenvalue weighted by atomic mass is 9.90. The summed E-state index contributed by atoms with van der Waals surface area (Å²) in [5, 5.41) is 0. The number of aromatic nitrogens is 2. The number of imidazole rings is 1. The molecule has 0 aliphatic heterocycles. The summed E-state index contributed by atoms with van der Waals surface area (Å²) in [5.74, 6) is 0.684. The molecule has 0 spiro atoms. The van der Waals surface area contributed by atoms with E-state index in [0.717, 1.165) is 11.4 Å². The molecule has 0 saturated carbocycles. The summed E-state index contributed by atoms with van der Waals surface area (Å²) in [4.78, 5) is 30.2. The molecule has 1 aliphatic carbocycles. The van der Waals surface area contributed by atoms with Crippen LogP contribution in [-0.4, -0.2) is 28.2 Å². The number of Topliss-reactive ketones (excluding diaryl/α,β-unsaturated/α-hetero) is 2. The number of nitrogens with zero attached hydrogens (tertiary/aromatic N) is 2. The monoisotopic (exact) mass is 406 g/mol. The molecule has 1 heterocycles. The van der Waals surface area contributed by atoms with Crippen LogP contribution in [0.1, 0.15) is 66.7 Å². The highest BCUT2D eigenvalue weighted by Crippen LogP contribution is 2.35. The molecule has 0 atom stereocenters. The number of allylic oxidation sites excluding steroid dienone is 4. The third-order valence-corrected chi connectivity index (χ3v) is 4.68. The zero-order chi connectivity index (χ0) is 22.3. The SMILES string of the molecule is C=C/C=C(\C=C/CCn1c(C(C)C)nc2c1C(=O)C(=O)c1ccccc1-2)OC.CC. The minimum absolute atomic E-state index is 0.125. The quantitative estimate of drug-likeness (QED) is 0.334. The Hall–Kier alpha value is -3.21. The van der Waals surface area contributed by atoms with Gasteiger partial charge in [-0.2, -0.15) is 0 Å². The molecular weight excluding hydrogens is 376 g/mol. The van der Waals surface area contributed by atoms with Crippen LogP contribution in [0.15, 0.2) is 60.9 Å². The van der Waals surface area contributed by atoms with Gasteiger partial charge in [0.25, 0.3) is 5.78 Å². The number of fused-ring (bicyclic) bond motifs is 3. The van der Waals surface area contributed by atoms with Crippen molar-refractivity contribution < 1.29 is 14.3 Å². The van der Waals surface area contributed by atoms with Crippen molar-refractivity contribution in [2.24, 2.45) is 0 Å². The van der Waals surface area contributed by atoms with E-state index in [1.807, 2.05) is 56.5 Å². The average molecular weight is 407 g/mol. The normalized spacial score (nSPS) is 13.1. The summed E-state index contributed by atoms with van der Waals surface area (Å²) < 4.78 is 7.13. The van der Waals surface area contributed by atoms with Crippen LogP contribution in [0.3, 0.4) is 0 Å². The minimum atomic E-state index is -0.485. The highest BCUT2D eigenvalue weighted by atomic mass is 16.5. The van der Waals surface area contributed by atoms with Gasteiger partial charge in [-0.05, 0) is 18.6 Å². The highest BCUT2D eigenvalue weighted by molar-refractivity contribution is 6.52. The minimum Gasteiger partial charge on any atom is -0.497 e. The van der Waals surface area contributed by atoms with Gasteiger partial charge in [0.2, 0.25) is 5.78 Å². The Morgan fingerprint density at radius 2 is 1.83 bits per heavy atom. The molecule has 0 unspecified atom stereocenters. The predicted octanol–water partition coefficient (Wildman–Crippen LogP) is 5.74. The molecule has 5 nitrogen and oxygen atoms in total. The Balaban J connectivity index is 0.00000155. The average Bonchev–Trinajstić information content (AvgIpc) is 3.15. The Morgan fingerprint density at radius 3 is 2.43 bits per heavy atom. The van der Waals surface area contributed by atoms with Crippen LogP contribution in [0.25, 0.3) is 11.3 Å². The third-order valence-electron chi connectivity index (χ3n) is 4.68. The van der Waals surface area contributed by atoms with Gasteiger partial charge in [-0.25, -0.2) is 4.98 Å². The predicted molar refractivity (Wildman–Crippen MR) is 121 cm³/mol. The number of rotatable bonds is 7. The summed E-state index contributed by atoms with van der Waals surface area (Å²) in [7, 11) is 1.60. The van der Waals surface area contributed by atoms with Crippen LogP contribution < -0.4 is 0 Å². The van der Waals surface area contributed by atoms with E-state index in [2.05, 4.69) is 6.58 Å². The van der Waals surface area contributed by atoms with Gasteiger partial charge in [-0.15, -0.1) is 0 Å². The van der Waals surface area contributed by atoms with Gasteiger partial charge in [-0.3, -0.25) is 9.59 Å². The molecule has 1 aliphatic rings. The van der Waals surface area contributed by atoms with Gasteiger partial charge in [0.15, 0.2) is 0 Å². The van der Waals surface area contributed by atoms with Crippen molar-refractivity contribution in [1.82, 2.24) is 9.55 Å². The lowest BCUT2D eigenvalue weighted by molar-refractivity contribution is 0.0809. The van der Waals surface area contributed by atoms with Crippen LogP contribution in [0.4, 0.5) is 0 Å². The summed E-state index contributed by atoms with van der Waals surface area (Å²) in [6.07, 6.45) is 7.94. The fraction of sp³-hybridized carbons (Fsp3) is 0.320. The lowest BCUT2D eigenvalue weighted by Crippen LogP contribution is -2.24. The molecule has 0 N–H and O–H groups in total. The van der Waals surface area contributed by atoms with E-state index in [-0.39, 0.29) is 5.92 Å². The fourth-order valence-electron chi connectivity index (χ4n) is 3.38. The van der Waals surface area contributed by atoms with Crippen LogP contribution in [0.5, 0.6) is 0 Å². The van der Waals surface area contributed by atoms with Gasteiger partial charge < -0.3 is 9.30 Å². The Kier molecular flexibility index (Phi) is 8.10. The molecule has 0 amide bonds. The first kappa shape index (κ1) is 23.1. The summed E-state index contributed by atoms with van der Waals surface area (Å²) >= 11 is 0. The van der Waals surface area contributed by atoms with Crippen LogP contribution >= 0.6 is 0 Å². The summed E-state index contributed by atoms with van der Waals surface area (Å²) in [5.41, 5.74) is 2.17. The number of benzene rings is 1. The standard InChI is InChI=1S/C23H24N2O3.C2H6/c1-5-10-16(28-4)11-8-9-14-25-20-19(24-23(25)15(2)3)17-12-6-7-13-18(17)21(26)22(20)27;1-2/h5-8,10-13,15H,1,9,14H2,2-4H3;1-2H3/b11-8-,16-10+;. The van der Waals surface area contributed by atoms with Crippen molar-refractivity contribution in [3.8, 4) is 11.3 Å². The Bertz CT molecular complexity index is 994. The van der Waals surface area contributed by atoms with E-state index in [0.29, 0.717) is 35.7 Å². The molecule has 30 heavy (non-hydrogen) atoms. The number of hydrogen-bond acceptors (Lipinski definition) is 4. The number of ether oxygens (including phenoxy) is 1. The molecule has 0 bridgehead atoms. The second-order valence-corrected chi connectivity index (χ2v) is 6.88. The first-order valence-electron chi connectivity index (χ1n) is 10.3. The number of carbonyl (C=O) groups excluding carboxylic acids is 2. The zero-order valence-corrected chi connectivity index (χ0v) is 18.4. The molecule has 1 aromatic heterocycles. The van der Waals surface area contributed by atoms with Crippen LogP contribution in [0, 0.1) is 0 Å². The third kappa shape index (κ3) is 4.51. The van der Waals surface area contributed by atoms with E-state index in [1.165, 1.54) is 0 Å². The second kappa shape index (κ2) is 10.5. The molecule has 1 aromatic carbocycles. The fourth-order valence-corrected chi connectivity index (χ4v) is 3.38. The van der Waals surface area contributed by atoms with Crippen LogP contribution in [-0.2, 0) is 11.3 Å². The maximum Gasteiger partial charge on any atom is 0.252 e. The molecule has 0 saturated heterocycles. The largest absolute Gasteiger partial charge is 0.497 e. The van der Waals surface area contributed by atoms with Gasteiger partial charge in [-0.1, -0.05) is 70.7 Å². The van der Waals surface area contributed by atoms with Gasteiger partial charge in [0.05, 0.1) is 7.11 Å². The highest BCUT2D eigenvalue weighted by Gasteiger charge is 2.36. The molecule has 0 fully saturated rings. The topological polar surface area (TPSA) is 61.2 Å². The lowest BCUT2D eigenvalue weighted by Gasteiger charge is -2.16. The number of hydrogen-bond donors (Lipinski definition) is 0.